The molecule has 0 saturated heterocycles. The highest BCUT2D eigenvalue weighted by Crippen LogP contribution is 2.40. The van der Waals surface area contributed by atoms with Crippen molar-refractivity contribution in [2.45, 2.75) is 20.0 Å². The van der Waals surface area contributed by atoms with Crippen molar-refractivity contribution < 1.29 is 28.7 Å². The van der Waals surface area contributed by atoms with E-state index in [0.717, 1.165) is 16.0 Å². The minimum absolute atomic E-state index is 0.0191. The minimum atomic E-state index is -1.27. The van der Waals surface area contributed by atoms with Gasteiger partial charge in [-0.15, -0.1) is 0 Å². The summed E-state index contributed by atoms with van der Waals surface area (Å²) in [5.74, 6) is -2.68. The Morgan fingerprint density at radius 3 is 1.95 bits per heavy atom. The van der Waals surface area contributed by atoms with Crippen molar-refractivity contribution >= 4 is 64.1 Å². The van der Waals surface area contributed by atoms with Gasteiger partial charge in [-0.25, -0.2) is 9.69 Å². The molecule has 0 N–H and O–H groups in total. The van der Waals surface area contributed by atoms with Crippen LogP contribution in [0.4, 0.5) is 5.69 Å². The normalized spacial score (nSPS) is 13.1. The van der Waals surface area contributed by atoms with Crippen molar-refractivity contribution in [1.29, 1.82) is 0 Å². The van der Waals surface area contributed by atoms with Gasteiger partial charge in [-0.1, -0.05) is 77.3 Å². The largest absolute Gasteiger partial charge is 0.496 e. The number of ketones is 1. The van der Waals surface area contributed by atoms with Crippen LogP contribution in [0.25, 0.3) is 0 Å². The van der Waals surface area contributed by atoms with E-state index >= 15 is 0 Å². The highest BCUT2D eigenvalue weighted by atomic mass is 35.5. The van der Waals surface area contributed by atoms with E-state index in [4.69, 9.17) is 44.3 Å². The second-order valence-corrected chi connectivity index (χ2v) is 10.8. The van der Waals surface area contributed by atoms with Crippen molar-refractivity contribution in [3.63, 3.8) is 0 Å². The predicted molar refractivity (Wildman–Crippen MR) is 160 cm³/mol. The molecular weight excluding hydrogens is 601 g/mol. The summed E-state index contributed by atoms with van der Waals surface area (Å²) in [7, 11) is 1.31. The van der Waals surface area contributed by atoms with Crippen LogP contribution in [0.1, 0.15) is 64.2 Å². The van der Waals surface area contributed by atoms with Gasteiger partial charge in [0.1, 0.15) is 11.3 Å². The average Bonchev–Trinajstić information content (AvgIpc) is 3.21. The number of anilines is 1. The molecule has 5 rings (SSSR count). The van der Waals surface area contributed by atoms with Crippen molar-refractivity contribution in [1.82, 2.24) is 0 Å². The highest BCUT2D eigenvalue weighted by Gasteiger charge is 2.39. The van der Waals surface area contributed by atoms with E-state index in [1.54, 1.807) is 42.5 Å². The quantitative estimate of drug-likeness (QED) is 0.118. The first-order valence-corrected chi connectivity index (χ1v) is 13.8. The number of esters is 1. The summed E-state index contributed by atoms with van der Waals surface area (Å²) in [6.07, 6.45) is -1.27. The number of ether oxygens (including phenoxy) is 2. The topological polar surface area (TPSA) is 90.0 Å². The molecule has 0 bridgehead atoms. The van der Waals surface area contributed by atoms with E-state index < -0.39 is 29.7 Å². The average molecular weight is 623 g/mol. The van der Waals surface area contributed by atoms with Gasteiger partial charge >= 0.3 is 5.97 Å². The number of benzene rings is 4. The van der Waals surface area contributed by atoms with Crippen molar-refractivity contribution in [2.75, 3.05) is 12.0 Å². The van der Waals surface area contributed by atoms with Gasteiger partial charge in [0.25, 0.3) is 11.8 Å². The first-order chi connectivity index (χ1) is 20.0. The van der Waals surface area contributed by atoms with Gasteiger partial charge in [-0.05, 0) is 49.2 Å². The Hall–Kier alpha value is -4.17. The molecule has 1 aliphatic rings. The third-order valence-corrected chi connectivity index (χ3v) is 8.04. The van der Waals surface area contributed by atoms with E-state index in [2.05, 4.69) is 0 Å². The lowest BCUT2D eigenvalue weighted by Crippen LogP contribution is -2.30. The van der Waals surface area contributed by atoms with Crippen molar-refractivity contribution in [2.24, 2.45) is 0 Å². The molecule has 4 aromatic carbocycles. The molecule has 10 heteroatoms. The van der Waals surface area contributed by atoms with E-state index in [0.29, 0.717) is 11.1 Å². The van der Waals surface area contributed by atoms with Gasteiger partial charge in [0, 0.05) is 17.2 Å². The van der Waals surface area contributed by atoms with Gasteiger partial charge < -0.3 is 9.47 Å². The number of Topliss-reactive ketones (excluding diaryl/α,β-unsaturated/α-hetero) is 1. The van der Waals surface area contributed by atoms with Gasteiger partial charge in [0.2, 0.25) is 5.78 Å². The van der Waals surface area contributed by atoms with Crippen LogP contribution in [0.2, 0.25) is 15.1 Å². The molecule has 212 valence electrons. The molecule has 0 radical (unpaired) electrons. The van der Waals surface area contributed by atoms with E-state index in [1.807, 2.05) is 19.9 Å². The second kappa shape index (κ2) is 11.6. The van der Waals surface area contributed by atoms with Crippen LogP contribution in [0.3, 0.4) is 0 Å². The molecule has 0 aromatic heterocycles. The summed E-state index contributed by atoms with van der Waals surface area (Å²) < 4.78 is 11.2. The lowest BCUT2D eigenvalue weighted by molar-refractivity contribution is 0.0277. The van der Waals surface area contributed by atoms with Crippen LogP contribution < -0.4 is 9.64 Å². The number of hydrogen-bond donors (Lipinski definition) is 0. The molecule has 42 heavy (non-hydrogen) atoms. The monoisotopic (exact) mass is 621 g/mol. The summed E-state index contributed by atoms with van der Waals surface area (Å²) >= 11 is 18.7. The van der Waals surface area contributed by atoms with Gasteiger partial charge in [0.15, 0.2) is 6.10 Å². The number of aryl methyl sites for hydroxylation is 2. The van der Waals surface area contributed by atoms with Crippen LogP contribution in [0.5, 0.6) is 5.75 Å². The first-order valence-electron chi connectivity index (χ1n) is 12.6. The molecular formula is C32H22Cl3NO6. The smallest absolute Gasteiger partial charge is 0.343 e. The second-order valence-electron chi connectivity index (χ2n) is 9.62. The predicted octanol–water partition coefficient (Wildman–Crippen LogP) is 7.85. The number of rotatable bonds is 7. The highest BCUT2D eigenvalue weighted by molar-refractivity contribution is 6.45. The maximum Gasteiger partial charge on any atom is 0.343 e. The number of methoxy groups -OCH3 is 1. The zero-order valence-electron chi connectivity index (χ0n) is 22.5. The third kappa shape index (κ3) is 5.27. The SMILES string of the molecule is COc1cc(N2C(=O)c3cc(Cl)c(Cl)cc3C2=O)c(Cl)cc1C(=O)O[C@@H](C(=O)c1ccc(C)c(C)c1)c1ccccc1. The minimum Gasteiger partial charge on any atom is -0.496 e. The summed E-state index contributed by atoms with van der Waals surface area (Å²) in [4.78, 5) is 54.4. The Kier molecular flexibility index (Phi) is 8.10. The number of hydrogen-bond acceptors (Lipinski definition) is 6. The number of halogens is 3. The van der Waals surface area contributed by atoms with Gasteiger partial charge in [0.05, 0.1) is 39.0 Å². The van der Waals surface area contributed by atoms with Crippen molar-refractivity contribution in [3.05, 3.63) is 127 Å². The molecule has 1 heterocycles. The van der Waals surface area contributed by atoms with Crippen LogP contribution >= 0.6 is 34.8 Å². The molecule has 1 aliphatic heterocycles. The molecule has 0 unspecified atom stereocenters. The number of nitrogens with zero attached hydrogens (tertiary/aromatic N) is 1. The van der Waals surface area contributed by atoms with Crippen LogP contribution in [-0.4, -0.2) is 30.7 Å². The number of amides is 2. The molecule has 0 spiro atoms. The Morgan fingerprint density at radius 2 is 1.38 bits per heavy atom. The maximum atomic E-state index is 13.6. The lowest BCUT2D eigenvalue weighted by Gasteiger charge is -2.21. The Balaban J connectivity index is 1.50. The summed E-state index contributed by atoms with van der Waals surface area (Å²) in [5.41, 5.74) is 2.78. The Morgan fingerprint density at radius 1 is 0.762 bits per heavy atom. The fraction of sp³-hybridized carbons (Fsp3) is 0.125. The number of fused-ring (bicyclic) bond motifs is 1. The molecule has 2 amide bonds. The molecule has 0 fully saturated rings. The molecule has 7 nitrogen and oxygen atoms in total. The first kappa shape index (κ1) is 29.3. The zero-order chi connectivity index (χ0) is 30.3. The van der Waals surface area contributed by atoms with Gasteiger partial charge in [-0.2, -0.15) is 0 Å². The number of imide groups is 1. The van der Waals surface area contributed by atoms with Crippen LogP contribution in [0.15, 0.2) is 72.8 Å². The van der Waals surface area contributed by atoms with E-state index in [9.17, 15) is 19.2 Å². The summed E-state index contributed by atoms with van der Waals surface area (Å²) in [6.45, 7) is 3.83. The number of carbonyl (C=O) groups excluding carboxylic acids is 4. The molecule has 1 atom stereocenters. The van der Waals surface area contributed by atoms with E-state index in [-0.39, 0.29) is 43.2 Å². The summed E-state index contributed by atoms with van der Waals surface area (Å²) in [6, 6.07) is 19.0. The van der Waals surface area contributed by atoms with Crippen LogP contribution in [0, 0.1) is 13.8 Å². The lowest BCUT2D eigenvalue weighted by atomic mass is 9.97. The fourth-order valence-electron chi connectivity index (χ4n) is 4.61. The number of carbonyl (C=O) groups is 4. The fourth-order valence-corrected chi connectivity index (χ4v) is 5.19. The summed E-state index contributed by atoms with van der Waals surface area (Å²) in [5, 5.41) is 0.123. The molecule has 0 saturated carbocycles. The Labute approximate surface area is 256 Å². The van der Waals surface area contributed by atoms with Gasteiger partial charge in [-0.3, -0.25) is 14.4 Å². The van der Waals surface area contributed by atoms with Crippen LogP contribution in [-0.2, 0) is 4.74 Å². The van der Waals surface area contributed by atoms with E-state index in [1.165, 1.54) is 31.4 Å². The molecule has 0 aliphatic carbocycles. The molecule has 4 aromatic rings. The standard InChI is InChI=1S/C32H22Cl3NO6/c1-16-9-10-19(11-17(16)2)28(37)29(18-7-5-4-6-8-18)42-32(40)22-14-25(35)26(15-27(22)41-3)36-30(38)20-12-23(33)24(34)13-21(20)31(36)39/h4-15,29H,1-3H3/t29-/m1/s1. The zero-order valence-corrected chi connectivity index (χ0v) is 24.8. The maximum absolute atomic E-state index is 13.6. The Bertz CT molecular complexity index is 1750. The van der Waals surface area contributed by atoms with Crippen molar-refractivity contribution in [3.8, 4) is 5.75 Å². The third-order valence-electron chi connectivity index (χ3n) is 7.01.